The Kier molecular flexibility index (Phi) is 4.30. The van der Waals surface area contributed by atoms with Gasteiger partial charge in [0, 0.05) is 10.4 Å². The summed E-state index contributed by atoms with van der Waals surface area (Å²) in [6.45, 7) is 2.00. The minimum atomic E-state index is -0.260. The van der Waals surface area contributed by atoms with Crippen molar-refractivity contribution in [1.82, 2.24) is 5.43 Å². The summed E-state index contributed by atoms with van der Waals surface area (Å²) in [7, 11) is 1.56. The van der Waals surface area contributed by atoms with Crippen LogP contribution in [0.4, 0.5) is 0 Å². The highest BCUT2D eigenvalue weighted by molar-refractivity contribution is 7.11. The van der Waals surface area contributed by atoms with E-state index in [0.29, 0.717) is 11.3 Å². The third-order valence-electron chi connectivity index (χ3n) is 2.58. The minimum absolute atomic E-state index is 0.260. The molecule has 0 fully saturated rings. The van der Waals surface area contributed by atoms with Gasteiger partial charge in [0.1, 0.15) is 5.75 Å². The van der Waals surface area contributed by atoms with Crippen LogP contribution < -0.4 is 10.2 Å². The van der Waals surface area contributed by atoms with Crippen LogP contribution in [0.1, 0.15) is 20.8 Å². The van der Waals surface area contributed by atoms with Gasteiger partial charge < -0.3 is 4.74 Å². The van der Waals surface area contributed by atoms with Gasteiger partial charge in [-0.2, -0.15) is 5.10 Å². The van der Waals surface area contributed by atoms with Crippen molar-refractivity contribution in [1.29, 1.82) is 0 Å². The third kappa shape index (κ3) is 3.42. The van der Waals surface area contributed by atoms with Crippen molar-refractivity contribution in [3.63, 3.8) is 0 Å². The number of carbonyl (C=O) groups is 1. The van der Waals surface area contributed by atoms with Crippen molar-refractivity contribution in [2.24, 2.45) is 5.10 Å². The predicted octanol–water partition coefficient (Wildman–Crippen LogP) is 2.83. The Balaban J connectivity index is 2.01. The number of hydrazone groups is 1. The van der Waals surface area contributed by atoms with Crippen molar-refractivity contribution in [3.05, 3.63) is 51.7 Å². The maximum atomic E-state index is 11.8. The molecule has 0 spiro atoms. The normalized spacial score (nSPS) is 10.6. The van der Waals surface area contributed by atoms with Crippen LogP contribution >= 0.6 is 11.3 Å². The zero-order valence-electron chi connectivity index (χ0n) is 10.7. The first-order valence-electron chi connectivity index (χ1n) is 5.72. The van der Waals surface area contributed by atoms with Crippen LogP contribution in [0.2, 0.25) is 0 Å². The lowest BCUT2D eigenvalue weighted by Gasteiger charge is -2.02. The summed E-state index contributed by atoms with van der Waals surface area (Å²) in [5.41, 5.74) is 4.15. The molecule has 1 amide bonds. The summed E-state index contributed by atoms with van der Waals surface area (Å²) in [4.78, 5) is 12.9. The number of nitrogens with one attached hydrogen (secondary N) is 1. The number of amides is 1. The molecule has 0 aliphatic rings. The highest BCUT2D eigenvalue weighted by Crippen LogP contribution is 2.13. The van der Waals surface area contributed by atoms with Crippen molar-refractivity contribution < 1.29 is 9.53 Å². The van der Waals surface area contributed by atoms with Crippen molar-refractivity contribution >= 4 is 23.5 Å². The summed E-state index contributed by atoms with van der Waals surface area (Å²) in [6.07, 6.45) is 1.65. The number of aryl methyl sites for hydroxylation is 1. The Morgan fingerprint density at radius 2 is 2.26 bits per heavy atom. The van der Waals surface area contributed by atoms with E-state index in [4.69, 9.17) is 4.74 Å². The first-order valence-corrected chi connectivity index (χ1v) is 6.60. The van der Waals surface area contributed by atoms with E-state index in [1.54, 1.807) is 48.9 Å². The van der Waals surface area contributed by atoms with Gasteiger partial charge in [-0.05, 0) is 42.1 Å². The monoisotopic (exact) mass is 274 g/mol. The number of benzene rings is 1. The Morgan fingerprint density at radius 1 is 1.42 bits per heavy atom. The molecule has 2 rings (SSSR count). The molecule has 0 radical (unpaired) electrons. The van der Waals surface area contributed by atoms with E-state index < -0.39 is 0 Å². The Morgan fingerprint density at radius 3 is 2.95 bits per heavy atom. The van der Waals surface area contributed by atoms with Crippen LogP contribution in [-0.2, 0) is 0 Å². The van der Waals surface area contributed by atoms with Gasteiger partial charge in [-0.25, -0.2) is 5.43 Å². The maximum absolute atomic E-state index is 11.8. The second kappa shape index (κ2) is 6.15. The van der Waals surface area contributed by atoms with Gasteiger partial charge in [0.2, 0.25) is 0 Å². The molecule has 98 valence electrons. The van der Waals surface area contributed by atoms with E-state index in [1.807, 2.05) is 18.4 Å². The number of ether oxygens (including phenoxy) is 1. The van der Waals surface area contributed by atoms with Crippen LogP contribution in [0, 0.1) is 6.92 Å². The maximum Gasteiger partial charge on any atom is 0.271 e. The fraction of sp³-hybridized carbons (Fsp3) is 0.143. The molecule has 1 heterocycles. The number of nitrogens with zero attached hydrogens (tertiary/aromatic N) is 1. The van der Waals surface area contributed by atoms with Gasteiger partial charge in [0.15, 0.2) is 0 Å². The number of hydrogen-bond donors (Lipinski definition) is 1. The molecular formula is C14H14N2O2S. The molecule has 1 N–H and O–H groups in total. The Labute approximate surface area is 115 Å². The summed E-state index contributed by atoms with van der Waals surface area (Å²) in [5.74, 6) is 0.384. The van der Waals surface area contributed by atoms with Gasteiger partial charge in [0.05, 0.1) is 13.3 Å². The van der Waals surface area contributed by atoms with Crippen molar-refractivity contribution in [3.8, 4) is 5.75 Å². The number of hydrogen-bond acceptors (Lipinski definition) is 4. The summed E-state index contributed by atoms with van der Waals surface area (Å²) in [5, 5.41) is 5.94. The highest BCUT2D eigenvalue weighted by atomic mass is 32.1. The predicted molar refractivity (Wildman–Crippen MR) is 77.1 cm³/mol. The van der Waals surface area contributed by atoms with E-state index in [0.717, 1.165) is 10.4 Å². The molecule has 0 aliphatic heterocycles. The number of thiophene rings is 1. The van der Waals surface area contributed by atoms with E-state index >= 15 is 0 Å². The molecule has 0 atom stereocenters. The van der Waals surface area contributed by atoms with Crippen molar-refractivity contribution in [2.45, 2.75) is 6.92 Å². The van der Waals surface area contributed by atoms with Crippen LogP contribution in [0.3, 0.4) is 0 Å². The smallest absolute Gasteiger partial charge is 0.271 e. The van der Waals surface area contributed by atoms with E-state index in [-0.39, 0.29) is 5.91 Å². The fourth-order valence-corrected chi connectivity index (χ4v) is 2.28. The minimum Gasteiger partial charge on any atom is -0.497 e. The zero-order valence-corrected chi connectivity index (χ0v) is 11.5. The Bertz CT molecular complexity index is 605. The largest absolute Gasteiger partial charge is 0.497 e. The third-order valence-corrected chi connectivity index (χ3v) is 3.54. The van der Waals surface area contributed by atoms with Gasteiger partial charge in [0.25, 0.3) is 5.91 Å². The molecule has 0 saturated heterocycles. The topological polar surface area (TPSA) is 50.7 Å². The summed E-state index contributed by atoms with van der Waals surface area (Å²) < 4.78 is 5.07. The molecule has 1 aromatic carbocycles. The van der Waals surface area contributed by atoms with Crippen LogP contribution in [0.25, 0.3) is 0 Å². The Hall–Kier alpha value is -2.14. The average Bonchev–Trinajstić information content (AvgIpc) is 2.84. The van der Waals surface area contributed by atoms with Gasteiger partial charge in [-0.1, -0.05) is 6.07 Å². The second-order valence-corrected chi connectivity index (χ2v) is 4.85. The lowest BCUT2D eigenvalue weighted by molar-refractivity contribution is 0.0955. The first-order chi connectivity index (χ1) is 9.20. The summed E-state index contributed by atoms with van der Waals surface area (Å²) in [6, 6.07) is 8.94. The highest BCUT2D eigenvalue weighted by Gasteiger charge is 2.05. The number of carbonyl (C=O) groups excluding carboxylic acids is 1. The SMILES string of the molecule is COc1cccc(C(=O)N/N=C/c2sccc2C)c1. The van der Waals surface area contributed by atoms with Gasteiger partial charge in [-0.15, -0.1) is 11.3 Å². The molecule has 0 saturated carbocycles. The van der Waals surface area contributed by atoms with Crippen LogP contribution in [0.5, 0.6) is 5.75 Å². The van der Waals surface area contributed by atoms with Crippen molar-refractivity contribution in [2.75, 3.05) is 7.11 Å². The van der Waals surface area contributed by atoms with Crippen LogP contribution in [0.15, 0.2) is 40.8 Å². The van der Waals surface area contributed by atoms with E-state index in [9.17, 15) is 4.79 Å². The first kappa shape index (κ1) is 13.3. The second-order valence-electron chi connectivity index (χ2n) is 3.90. The molecule has 0 aliphatic carbocycles. The van der Waals surface area contributed by atoms with Crippen LogP contribution in [-0.4, -0.2) is 19.2 Å². The lowest BCUT2D eigenvalue weighted by atomic mass is 10.2. The van der Waals surface area contributed by atoms with Gasteiger partial charge >= 0.3 is 0 Å². The molecule has 1 aromatic heterocycles. The molecule has 4 nitrogen and oxygen atoms in total. The summed E-state index contributed by atoms with van der Waals surface area (Å²) >= 11 is 1.58. The zero-order chi connectivity index (χ0) is 13.7. The van der Waals surface area contributed by atoms with Gasteiger partial charge in [-0.3, -0.25) is 4.79 Å². The lowest BCUT2D eigenvalue weighted by Crippen LogP contribution is -2.17. The molecule has 2 aromatic rings. The number of methoxy groups -OCH3 is 1. The van der Waals surface area contributed by atoms with E-state index in [1.165, 1.54) is 0 Å². The quantitative estimate of drug-likeness (QED) is 0.688. The molecule has 0 bridgehead atoms. The average molecular weight is 274 g/mol. The van der Waals surface area contributed by atoms with E-state index in [2.05, 4.69) is 10.5 Å². The molecule has 0 unspecified atom stereocenters. The number of rotatable bonds is 4. The molecule has 5 heteroatoms. The standard InChI is InChI=1S/C14H14N2O2S/c1-10-6-7-19-13(10)9-15-16-14(17)11-4-3-5-12(8-11)18-2/h3-9H,1-2H3,(H,16,17)/b15-9+. The molecular weight excluding hydrogens is 260 g/mol. The fourth-order valence-electron chi connectivity index (χ4n) is 1.50. The molecule has 19 heavy (non-hydrogen) atoms.